The molecule has 0 bridgehead atoms. The average Bonchev–Trinajstić information content (AvgIpc) is 2.55. The molecule has 2 heterocycles. The third-order valence-corrected chi connectivity index (χ3v) is 5.83. The molecule has 3 rings (SSSR count). The van der Waals surface area contributed by atoms with Gasteiger partial charge in [0.05, 0.1) is 0 Å². The second-order valence-corrected chi connectivity index (χ2v) is 7.93. The molecule has 0 aromatic heterocycles. The van der Waals surface area contributed by atoms with Crippen LogP contribution in [0.15, 0.2) is 24.3 Å². The highest BCUT2D eigenvalue weighted by Gasteiger charge is 2.32. The third-order valence-electron chi connectivity index (χ3n) is 5.83. The quantitative estimate of drug-likeness (QED) is 0.926. The summed E-state index contributed by atoms with van der Waals surface area (Å²) in [6.07, 6.45) is 4.96. The van der Waals surface area contributed by atoms with Gasteiger partial charge < -0.3 is 10.0 Å². The van der Waals surface area contributed by atoms with E-state index in [2.05, 4.69) is 41.0 Å². The first-order valence-electron chi connectivity index (χ1n) is 9.21. The molecule has 23 heavy (non-hydrogen) atoms. The van der Waals surface area contributed by atoms with Crippen molar-refractivity contribution in [2.75, 3.05) is 26.2 Å². The van der Waals surface area contributed by atoms with E-state index in [1.165, 1.54) is 49.9 Å². The Balaban J connectivity index is 1.49. The SMILES string of the molecule is Cc1ccc(C2CCN(C3CCN(C(C)(C)O)CC3)CC2)cc1. The molecule has 0 atom stereocenters. The molecule has 0 radical (unpaired) electrons. The molecule has 2 saturated heterocycles. The van der Waals surface area contributed by atoms with Crippen LogP contribution >= 0.6 is 0 Å². The molecular weight excluding hydrogens is 284 g/mol. The molecule has 2 fully saturated rings. The normalized spacial score (nSPS) is 23.3. The summed E-state index contributed by atoms with van der Waals surface area (Å²) in [5.41, 5.74) is 2.21. The number of hydrogen-bond acceptors (Lipinski definition) is 3. The Bertz CT molecular complexity index is 489. The zero-order valence-corrected chi connectivity index (χ0v) is 15.0. The van der Waals surface area contributed by atoms with Gasteiger partial charge in [0.25, 0.3) is 0 Å². The highest BCUT2D eigenvalue weighted by atomic mass is 16.3. The largest absolute Gasteiger partial charge is 0.376 e. The van der Waals surface area contributed by atoms with Crippen LogP contribution in [0.5, 0.6) is 0 Å². The van der Waals surface area contributed by atoms with Crippen molar-refractivity contribution in [3.8, 4) is 0 Å². The Labute approximate surface area is 141 Å². The Morgan fingerprint density at radius 2 is 1.48 bits per heavy atom. The molecule has 0 unspecified atom stereocenters. The Hall–Kier alpha value is -0.900. The highest BCUT2D eigenvalue weighted by molar-refractivity contribution is 5.25. The fraction of sp³-hybridized carbons (Fsp3) is 0.700. The monoisotopic (exact) mass is 316 g/mol. The molecule has 1 N–H and O–H groups in total. The van der Waals surface area contributed by atoms with Crippen LogP contribution in [0.4, 0.5) is 0 Å². The van der Waals surface area contributed by atoms with E-state index in [0.29, 0.717) is 6.04 Å². The standard InChI is InChI=1S/C20H32N2O/c1-16-4-6-17(7-5-16)18-8-12-21(13-9-18)19-10-14-22(15-11-19)20(2,3)23/h4-7,18-19,23H,8-15H2,1-3H3. The maximum absolute atomic E-state index is 10.1. The van der Waals surface area contributed by atoms with E-state index in [1.54, 1.807) is 0 Å². The average molecular weight is 316 g/mol. The molecule has 1 aromatic carbocycles. The maximum Gasteiger partial charge on any atom is 0.112 e. The van der Waals surface area contributed by atoms with Crippen molar-refractivity contribution in [1.82, 2.24) is 9.80 Å². The Kier molecular flexibility index (Phi) is 5.10. The van der Waals surface area contributed by atoms with Crippen molar-refractivity contribution in [3.63, 3.8) is 0 Å². The first-order valence-corrected chi connectivity index (χ1v) is 9.21. The summed E-state index contributed by atoms with van der Waals surface area (Å²) in [6, 6.07) is 9.84. The lowest BCUT2D eigenvalue weighted by Gasteiger charge is -2.44. The fourth-order valence-electron chi connectivity index (χ4n) is 4.21. The zero-order valence-electron chi connectivity index (χ0n) is 15.0. The number of likely N-dealkylation sites (tertiary alicyclic amines) is 2. The second kappa shape index (κ2) is 6.92. The van der Waals surface area contributed by atoms with E-state index in [0.717, 1.165) is 19.0 Å². The Morgan fingerprint density at radius 1 is 0.913 bits per heavy atom. The number of aryl methyl sites for hydroxylation is 1. The van der Waals surface area contributed by atoms with E-state index in [9.17, 15) is 5.11 Å². The van der Waals surface area contributed by atoms with E-state index >= 15 is 0 Å². The van der Waals surface area contributed by atoms with Gasteiger partial charge in [-0.15, -0.1) is 0 Å². The van der Waals surface area contributed by atoms with Crippen LogP contribution < -0.4 is 0 Å². The van der Waals surface area contributed by atoms with Crippen molar-refractivity contribution in [3.05, 3.63) is 35.4 Å². The molecule has 1 aromatic rings. The van der Waals surface area contributed by atoms with Gasteiger partial charge in [0.2, 0.25) is 0 Å². The maximum atomic E-state index is 10.1. The van der Waals surface area contributed by atoms with Crippen molar-refractivity contribution in [2.24, 2.45) is 0 Å². The topological polar surface area (TPSA) is 26.7 Å². The Morgan fingerprint density at radius 3 is 2.00 bits per heavy atom. The molecule has 0 aliphatic carbocycles. The van der Waals surface area contributed by atoms with Crippen molar-refractivity contribution in [1.29, 1.82) is 0 Å². The minimum atomic E-state index is -0.663. The number of benzene rings is 1. The number of piperidine rings is 2. The van der Waals surface area contributed by atoms with Gasteiger partial charge in [-0.2, -0.15) is 0 Å². The molecule has 3 nitrogen and oxygen atoms in total. The summed E-state index contributed by atoms with van der Waals surface area (Å²) >= 11 is 0. The molecule has 3 heteroatoms. The van der Waals surface area contributed by atoms with Crippen LogP contribution in [-0.2, 0) is 0 Å². The number of rotatable bonds is 3. The van der Waals surface area contributed by atoms with Gasteiger partial charge in [-0.05, 0) is 71.0 Å². The van der Waals surface area contributed by atoms with Crippen molar-refractivity contribution in [2.45, 2.75) is 64.1 Å². The molecule has 2 aliphatic heterocycles. The first kappa shape index (κ1) is 16.9. The lowest BCUT2D eigenvalue weighted by Crippen LogP contribution is -2.53. The molecule has 128 valence electrons. The van der Waals surface area contributed by atoms with E-state index in [-0.39, 0.29) is 0 Å². The van der Waals surface area contributed by atoms with Crippen molar-refractivity contribution < 1.29 is 5.11 Å². The van der Waals surface area contributed by atoms with Gasteiger partial charge in [0.1, 0.15) is 5.72 Å². The van der Waals surface area contributed by atoms with Crippen LogP contribution in [0.1, 0.15) is 56.6 Å². The summed E-state index contributed by atoms with van der Waals surface area (Å²) in [6.45, 7) is 10.5. The van der Waals surface area contributed by atoms with Crippen LogP contribution in [0.3, 0.4) is 0 Å². The predicted octanol–water partition coefficient (Wildman–Crippen LogP) is 3.37. The van der Waals surface area contributed by atoms with Gasteiger partial charge in [-0.3, -0.25) is 4.90 Å². The van der Waals surface area contributed by atoms with Gasteiger partial charge in [0.15, 0.2) is 0 Å². The van der Waals surface area contributed by atoms with Crippen LogP contribution in [-0.4, -0.2) is 52.9 Å². The van der Waals surface area contributed by atoms with Crippen LogP contribution in [0.25, 0.3) is 0 Å². The summed E-state index contributed by atoms with van der Waals surface area (Å²) in [5.74, 6) is 0.739. The zero-order chi connectivity index (χ0) is 16.4. The lowest BCUT2D eigenvalue weighted by molar-refractivity contribution is -0.0958. The molecule has 0 amide bonds. The van der Waals surface area contributed by atoms with Crippen LogP contribution in [0.2, 0.25) is 0 Å². The smallest absolute Gasteiger partial charge is 0.112 e. The summed E-state index contributed by atoms with van der Waals surface area (Å²) in [5, 5.41) is 10.1. The minimum absolute atomic E-state index is 0.663. The molecule has 0 spiro atoms. The van der Waals surface area contributed by atoms with E-state index in [1.807, 2.05) is 13.8 Å². The number of nitrogens with zero attached hydrogens (tertiary/aromatic N) is 2. The molecule has 0 saturated carbocycles. The van der Waals surface area contributed by atoms with Gasteiger partial charge >= 0.3 is 0 Å². The predicted molar refractivity (Wildman–Crippen MR) is 95.6 cm³/mol. The van der Waals surface area contributed by atoms with E-state index < -0.39 is 5.72 Å². The number of hydrogen-bond donors (Lipinski definition) is 1. The molecular formula is C20H32N2O. The summed E-state index contributed by atoms with van der Waals surface area (Å²) in [7, 11) is 0. The highest BCUT2D eigenvalue weighted by Crippen LogP contribution is 2.31. The van der Waals surface area contributed by atoms with Crippen molar-refractivity contribution >= 4 is 0 Å². The second-order valence-electron chi connectivity index (χ2n) is 7.93. The van der Waals surface area contributed by atoms with E-state index in [4.69, 9.17) is 0 Å². The van der Waals surface area contributed by atoms with Gasteiger partial charge in [0, 0.05) is 19.1 Å². The molecule has 2 aliphatic rings. The summed E-state index contributed by atoms with van der Waals surface area (Å²) in [4.78, 5) is 4.91. The lowest BCUT2D eigenvalue weighted by atomic mass is 9.87. The van der Waals surface area contributed by atoms with Gasteiger partial charge in [-0.1, -0.05) is 29.8 Å². The third kappa shape index (κ3) is 4.14. The fourth-order valence-corrected chi connectivity index (χ4v) is 4.21. The summed E-state index contributed by atoms with van der Waals surface area (Å²) < 4.78 is 0. The van der Waals surface area contributed by atoms with Gasteiger partial charge in [-0.25, -0.2) is 0 Å². The minimum Gasteiger partial charge on any atom is -0.376 e. The first-order chi connectivity index (χ1) is 10.9. The van der Waals surface area contributed by atoms with Crippen LogP contribution in [0, 0.1) is 6.92 Å². The number of aliphatic hydroxyl groups is 1.